The van der Waals surface area contributed by atoms with Gasteiger partial charge in [0.15, 0.2) is 0 Å². The lowest BCUT2D eigenvalue weighted by Crippen LogP contribution is -2.54. The van der Waals surface area contributed by atoms with Crippen LogP contribution < -0.4 is 5.73 Å². The van der Waals surface area contributed by atoms with Crippen LogP contribution in [0.2, 0.25) is 0 Å². The van der Waals surface area contributed by atoms with Crippen molar-refractivity contribution in [2.45, 2.75) is 64.0 Å². The molecule has 0 radical (unpaired) electrons. The Balaban J connectivity index is 2.41. The molecule has 0 aromatic carbocycles. The first-order valence-corrected chi connectivity index (χ1v) is 7.15. The van der Waals surface area contributed by atoms with E-state index in [2.05, 4.69) is 25.8 Å². The molecule has 0 saturated carbocycles. The van der Waals surface area contributed by atoms with Crippen LogP contribution in [-0.4, -0.2) is 43.3 Å². The van der Waals surface area contributed by atoms with Crippen molar-refractivity contribution in [1.29, 1.82) is 0 Å². The Hall–Kier alpha value is -0.120. The molecule has 3 nitrogen and oxygen atoms in total. The van der Waals surface area contributed by atoms with Gasteiger partial charge >= 0.3 is 0 Å². The zero-order valence-electron chi connectivity index (χ0n) is 11.9. The van der Waals surface area contributed by atoms with Gasteiger partial charge in [-0.1, -0.05) is 32.6 Å². The topological polar surface area (TPSA) is 38.5 Å². The predicted octanol–water partition coefficient (Wildman–Crippen LogP) is 2.39. The summed E-state index contributed by atoms with van der Waals surface area (Å²) >= 11 is 0. The van der Waals surface area contributed by atoms with Crippen molar-refractivity contribution in [3.05, 3.63) is 0 Å². The molecule has 17 heavy (non-hydrogen) atoms. The first-order valence-electron chi connectivity index (χ1n) is 7.15. The quantitative estimate of drug-likeness (QED) is 0.664. The Kier molecular flexibility index (Phi) is 6.45. The van der Waals surface area contributed by atoms with E-state index in [0.29, 0.717) is 6.04 Å². The van der Waals surface area contributed by atoms with Gasteiger partial charge in [0, 0.05) is 24.7 Å². The van der Waals surface area contributed by atoms with Gasteiger partial charge in [-0.2, -0.15) is 0 Å². The fourth-order valence-electron chi connectivity index (χ4n) is 2.62. The van der Waals surface area contributed by atoms with E-state index in [-0.39, 0.29) is 5.54 Å². The molecular formula is C14H30N2O. The highest BCUT2D eigenvalue weighted by Crippen LogP contribution is 2.25. The number of rotatable bonds is 8. The number of likely N-dealkylation sites (N-methyl/N-ethyl adjacent to an activating group) is 1. The maximum atomic E-state index is 6.01. The number of ether oxygens (including phenoxy) is 1. The van der Waals surface area contributed by atoms with E-state index in [1.807, 2.05) is 0 Å². The highest BCUT2D eigenvalue weighted by Gasteiger charge is 2.33. The first kappa shape index (κ1) is 14.9. The van der Waals surface area contributed by atoms with E-state index >= 15 is 0 Å². The standard InChI is InChI=1S/C14H30N2O/c1-4-5-6-7-9-14(2,12-15)16(3)13-8-10-17-11-13/h13H,4-12,15H2,1-3H3. The Bertz CT molecular complexity index is 204. The van der Waals surface area contributed by atoms with Crippen molar-refractivity contribution in [2.24, 2.45) is 5.73 Å². The predicted molar refractivity (Wildman–Crippen MR) is 73.2 cm³/mol. The van der Waals surface area contributed by atoms with Crippen LogP contribution in [-0.2, 0) is 4.74 Å². The molecule has 1 heterocycles. The summed E-state index contributed by atoms with van der Waals surface area (Å²) in [6, 6.07) is 0.565. The van der Waals surface area contributed by atoms with Gasteiger partial charge in [0.25, 0.3) is 0 Å². The van der Waals surface area contributed by atoms with Crippen LogP contribution in [0, 0.1) is 0 Å². The van der Waals surface area contributed by atoms with E-state index < -0.39 is 0 Å². The Labute approximate surface area is 107 Å². The molecule has 0 amide bonds. The normalized spacial score (nSPS) is 24.2. The SMILES string of the molecule is CCCCCCC(C)(CN)N(C)C1CCOC1. The zero-order valence-corrected chi connectivity index (χ0v) is 11.9. The average molecular weight is 242 g/mol. The van der Waals surface area contributed by atoms with Crippen molar-refractivity contribution >= 4 is 0 Å². The van der Waals surface area contributed by atoms with Crippen molar-refractivity contribution in [3.8, 4) is 0 Å². The second-order valence-electron chi connectivity index (χ2n) is 5.64. The molecule has 2 N–H and O–H groups in total. The highest BCUT2D eigenvalue weighted by atomic mass is 16.5. The van der Waals surface area contributed by atoms with Gasteiger partial charge in [0.05, 0.1) is 6.61 Å². The second-order valence-corrected chi connectivity index (χ2v) is 5.64. The molecule has 102 valence electrons. The van der Waals surface area contributed by atoms with Crippen LogP contribution >= 0.6 is 0 Å². The van der Waals surface area contributed by atoms with E-state index in [1.165, 1.54) is 32.1 Å². The summed E-state index contributed by atoms with van der Waals surface area (Å²) in [6.45, 7) is 7.08. The maximum Gasteiger partial charge on any atom is 0.0622 e. The molecule has 0 aromatic rings. The molecule has 0 aromatic heterocycles. The minimum Gasteiger partial charge on any atom is -0.380 e. The molecule has 3 heteroatoms. The molecule has 1 saturated heterocycles. The van der Waals surface area contributed by atoms with E-state index in [4.69, 9.17) is 10.5 Å². The number of nitrogens with two attached hydrogens (primary N) is 1. The van der Waals surface area contributed by atoms with Crippen LogP contribution in [0.3, 0.4) is 0 Å². The summed E-state index contributed by atoms with van der Waals surface area (Å²) in [5.41, 5.74) is 6.15. The molecule has 0 bridgehead atoms. The van der Waals surface area contributed by atoms with Gasteiger partial charge in [-0.25, -0.2) is 0 Å². The molecule has 1 fully saturated rings. The number of nitrogens with zero attached hydrogens (tertiary/aromatic N) is 1. The van der Waals surface area contributed by atoms with Crippen LogP contribution in [0.4, 0.5) is 0 Å². The Morgan fingerprint density at radius 2 is 2.12 bits per heavy atom. The monoisotopic (exact) mass is 242 g/mol. The van der Waals surface area contributed by atoms with E-state index in [0.717, 1.165) is 26.2 Å². The zero-order chi connectivity index (χ0) is 12.7. The molecule has 0 aliphatic carbocycles. The van der Waals surface area contributed by atoms with Gasteiger partial charge in [0.1, 0.15) is 0 Å². The second kappa shape index (κ2) is 7.34. The summed E-state index contributed by atoms with van der Waals surface area (Å²) in [5.74, 6) is 0. The van der Waals surface area contributed by atoms with Gasteiger partial charge < -0.3 is 10.5 Å². The molecule has 1 aliphatic heterocycles. The summed E-state index contributed by atoms with van der Waals surface area (Å²) < 4.78 is 5.48. The molecular weight excluding hydrogens is 212 g/mol. The lowest BCUT2D eigenvalue weighted by atomic mass is 9.91. The van der Waals surface area contributed by atoms with Crippen LogP contribution in [0.5, 0.6) is 0 Å². The fourth-order valence-corrected chi connectivity index (χ4v) is 2.62. The van der Waals surface area contributed by atoms with Crippen molar-refractivity contribution in [3.63, 3.8) is 0 Å². The minimum atomic E-state index is 0.145. The van der Waals surface area contributed by atoms with Gasteiger partial charge in [-0.3, -0.25) is 4.90 Å². The lowest BCUT2D eigenvalue weighted by Gasteiger charge is -2.41. The summed E-state index contributed by atoms with van der Waals surface area (Å²) in [7, 11) is 2.21. The molecule has 0 spiro atoms. The fraction of sp³-hybridized carbons (Fsp3) is 1.00. The molecule has 2 atom stereocenters. The third-order valence-corrected chi connectivity index (χ3v) is 4.31. The number of hydrogen-bond acceptors (Lipinski definition) is 3. The van der Waals surface area contributed by atoms with Gasteiger partial charge in [-0.15, -0.1) is 0 Å². The summed E-state index contributed by atoms with van der Waals surface area (Å²) in [6.07, 6.45) is 7.63. The van der Waals surface area contributed by atoms with Crippen molar-refractivity contribution in [2.75, 3.05) is 26.8 Å². The van der Waals surface area contributed by atoms with Crippen molar-refractivity contribution < 1.29 is 4.74 Å². The largest absolute Gasteiger partial charge is 0.380 e. The highest BCUT2D eigenvalue weighted by molar-refractivity contribution is 4.90. The lowest BCUT2D eigenvalue weighted by molar-refractivity contribution is 0.0701. The van der Waals surface area contributed by atoms with Crippen LogP contribution in [0.1, 0.15) is 52.4 Å². The van der Waals surface area contributed by atoms with Crippen LogP contribution in [0.15, 0.2) is 0 Å². The number of hydrogen-bond donors (Lipinski definition) is 1. The van der Waals surface area contributed by atoms with Crippen LogP contribution in [0.25, 0.3) is 0 Å². The Morgan fingerprint density at radius 3 is 2.65 bits per heavy atom. The molecule has 1 aliphatic rings. The van der Waals surface area contributed by atoms with Gasteiger partial charge in [-0.05, 0) is 26.8 Å². The third-order valence-electron chi connectivity index (χ3n) is 4.31. The van der Waals surface area contributed by atoms with Crippen molar-refractivity contribution in [1.82, 2.24) is 4.90 Å². The maximum absolute atomic E-state index is 6.01. The summed E-state index contributed by atoms with van der Waals surface area (Å²) in [5, 5.41) is 0. The van der Waals surface area contributed by atoms with E-state index in [9.17, 15) is 0 Å². The first-order chi connectivity index (χ1) is 8.14. The van der Waals surface area contributed by atoms with E-state index in [1.54, 1.807) is 0 Å². The number of unbranched alkanes of at least 4 members (excludes halogenated alkanes) is 3. The Morgan fingerprint density at radius 1 is 1.35 bits per heavy atom. The van der Waals surface area contributed by atoms with Gasteiger partial charge in [0.2, 0.25) is 0 Å². The molecule has 2 unspecified atom stereocenters. The molecule has 1 rings (SSSR count). The average Bonchev–Trinajstić information content (AvgIpc) is 2.87. The smallest absolute Gasteiger partial charge is 0.0622 e. The third kappa shape index (κ3) is 4.23. The summed E-state index contributed by atoms with van der Waals surface area (Å²) in [4.78, 5) is 2.46. The minimum absolute atomic E-state index is 0.145.